The van der Waals surface area contributed by atoms with Gasteiger partial charge in [0.15, 0.2) is 5.69 Å². The molecule has 1 saturated heterocycles. The summed E-state index contributed by atoms with van der Waals surface area (Å²) in [6.45, 7) is 3.76. The lowest BCUT2D eigenvalue weighted by atomic mass is 9.94. The van der Waals surface area contributed by atoms with Crippen molar-refractivity contribution in [2.24, 2.45) is 13.0 Å². The van der Waals surface area contributed by atoms with Crippen LogP contribution in [0.1, 0.15) is 30.5 Å². The minimum atomic E-state index is -4.64. The van der Waals surface area contributed by atoms with E-state index in [-0.39, 0.29) is 29.3 Å². The van der Waals surface area contributed by atoms with Crippen molar-refractivity contribution in [3.8, 4) is 23.1 Å². The molecular weight excluding hydrogens is 556 g/mol. The largest absolute Gasteiger partial charge is 0.493 e. The fourth-order valence-corrected chi connectivity index (χ4v) is 4.44. The first kappa shape index (κ1) is 31.8. The fourth-order valence-electron chi connectivity index (χ4n) is 4.44. The number of aldehydes is 1. The molecule has 0 saturated carbocycles. The van der Waals surface area contributed by atoms with E-state index >= 15 is 0 Å². The molecule has 4 rings (SSSR count). The number of imidazole rings is 1. The molecule has 1 aliphatic rings. The van der Waals surface area contributed by atoms with E-state index in [0.29, 0.717) is 30.0 Å². The quantitative estimate of drug-likeness (QED) is 0.258. The minimum absolute atomic E-state index is 0.0697. The summed E-state index contributed by atoms with van der Waals surface area (Å²) in [5, 5.41) is 9.43. The number of likely N-dealkylation sites (tertiary alicyclic amines) is 1. The fraction of sp³-hybridized carbons (Fsp3) is 0.481. The van der Waals surface area contributed by atoms with Gasteiger partial charge >= 0.3 is 12.4 Å². The highest BCUT2D eigenvalue weighted by Gasteiger charge is 2.35. The minimum Gasteiger partial charge on any atom is -0.493 e. The van der Waals surface area contributed by atoms with Gasteiger partial charge in [0.05, 0.1) is 36.3 Å². The zero-order valence-electron chi connectivity index (χ0n) is 22.4. The van der Waals surface area contributed by atoms with E-state index < -0.39 is 24.2 Å². The molecule has 3 aromatic rings. The summed E-state index contributed by atoms with van der Waals surface area (Å²) < 4.78 is 85.4. The molecule has 0 bridgehead atoms. The number of carbonyl (C=O) groups excluding carboxylic acids is 1. The van der Waals surface area contributed by atoms with Crippen LogP contribution < -0.4 is 4.74 Å². The van der Waals surface area contributed by atoms with Crippen LogP contribution in [0.5, 0.6) is 5.75 Å². The number of fused-ring (bicyclic) bond motifs is 1. The average molecular weight is 586 g/mol. The first-order valence-electron chi connectivity index (χ1n) is 12.7. The van der Waals surface area contributed by atoms with Gasteiger partial charge in [-0.25, -0.2) is 9.97 Å². The van der Waals surface area contributed by atoms with Crippen molar-refractivity contribution in [3.05, 3.63) is 41.9 Å². The Morgan fingerprint density at radius 1 is 1.12 bits per heavy atom. The van der Waals surface area contributed by atoms with Crippen LogP contribution in [0.4, 0.5) is 26.3 Å². The van der Waals surface area contributed by atoms with Crippen molar-refractivity contribution >= 4 is 17.3 Å². The van der Waals surface area contributed by atoms with E-state index in [1.807, 2.05) is 6.07 Å². The lowest BCUT2D eigenvalue weighted by Gasteiger charge is -2.31. The molecule has 222 valence electrons. The number of halogens is 6. The number of aromatic nitrogens is 3. The molecule has 0 atom stereocenters. The summed E-state index contributed by atoms with van der Waals surface area (Å²) in [7, 11) is 3.44. The van der Waals surface area contributed by atoms with E-state index in [0.717, 1.165) is 38.5 Å². The van der Waals surface area contributed by atoms with E-state index in [2.05, 4.69) is 14.9 Å². The molecule has 41 heavy (non-hydrogen) atoms. The number of aryl methyl sites for hydroxylation is 1. The number of carbonyl (C=O) groups is 1. The third kappa shape index (κ3) is 8.89. The Morgan fingerprint density at radius 3 is 2.39 bits per heavy atom. The van der Waals surface area contributed by atoms with Crippen molar-refractivity contribution in [1.29, 1.82) is 5.26 Å². The van der Waals surface area contributed by atoms with Gasteiger partial charge in [0.2, 0.25) is 6.29 Å². The first-order valence-corrected chi connectivity index (χ1v) is 12.7. The van der Waals surface area contributed by atoms with Gasteiger partial charge in [-0.05, 0) is 62.5 Å². The summed E-state index contributed by atoms with van der Waals surface area (Å²) in [6, 6.07) is 7.54. The number of nitrogens with zero attached hydrogens (tertiary/aromatic N) is 5. The normalized spacial score (nSPS) is 14.8. The van der Waals surface area contributed by atoms with E-state index in [1.165, 1.54) is 6.07 Å². The molecule has 8 nitrogen and oxygen atoms in total. The summed E-state index contributed by atoms with van der Waals surface area (Å²) in [5.41, 5.74) is 0.783. The molecule has 0 amide bonds. The van der Waals surface area contributed by atoms with Crippen LogP contribution in [0.2, 0.25) is 0 Å². The molecule has 1 fully saturated rings. The molecule has 2 aromatic heterocycles. The second kappa shape index (κ2) is 13.8. The molecule has 0 unspecified atom stereocenters. The lowest BCUT2D eigenvalue weighted by Crippen LogP contribution is -2.36. The molecule has 0 radical (unpaired) electrons. The maximum absolute atomic E-state index is 13.9. The highest BCUT2D eigenvalue weighted by atomic mass is 19.4. The number of pyridine rings is 1. The highest BCUT2D eigenvalue weighted by Crippen LogP contribution is 2.39. The number of ether oxygens (including phenoxy) is 2. The summed E-state index contributed by atoms with van der Waals surface area (Å²) in [4.78, 5) is 19.4. The number of hydrogen-bond donors (Lipinski definition) is 0. The Hall–Kier alpha value is -3.70. The van der Waals surface area contributed by atoms with E-state index in [1.54, 1.807) is 37.2 Å². The zero-order chi connectivity index (χ0) is 30.2. The first-order chi connectivity index (χ1) is 19.4. The van der Waals surface area contributed by atoms with Crippen LogP contribution in [-0.2, 0) is 22.8 Å². The van der Waals surface area contributed by atoms with Crippen LogP contribution in [0, 0.1) is 17.2 Å². The van der Waals surface area contributed by atoms with Gasteiger partial charge in [-0.2, -0.15) is 31.6 Å². The van der Waals surface area contributed by atoms with E-state index in [4.69, 9.17) is 14.3 Å². The van der Waals surface area contributed by atoms with Crippen molar-refractivity contribution in [3.63, 3.8) is 0 Å². The number of rotatable bonds is 8. The predicted molar refractivity (Wildman–Crippen MR) is 137 cm³/mol. The Kier molecular flexibility index (Phi) is 10.7. The number of hydrogen-bond acceptors (Lipinski definition) is 7. The third-order valence-electron chi connectivity index (χ3n) is 6.64. The number of nitriles is 1. The summed E-state index contributed by atoms with van der Waals surface area (Å²) >= 11 is 0. The molecule has 1 aliphatic heterocycles. The van der Waals surface area contributed by atoms with Crippen LogP contribution in [0.3, 0.4) is 0 Å². The summed E-state index contributed by atoms with van der Waals surface area (Å²) in [5.74, 6) is 0.238. The highest BCUT2D eigenvalue weighted by molar-refractivity contribution is 5.84. The Labute approximate surface area is 232 Å². The number of methoxy groups -OCH3 is 1. The second-order valence-electron chi connectivity index (χ2n) is 9.47. The van der Waals surface area contributed by atoms with E-state index in [9.17, 15) is 31.6 Å². The van der Waals surface area contributed by atoms with Gasteiger partial charge < -0.3 is 18.9 Å². The SMILES string of the molecule is COCCN1CCC(CCOc2ccc(-c3cc4c(ncn4C)c(C#N)n3)cc2C(F)(F)F)CC1.O=CC(F)(F)F. The van der Waals surface area contributed by atoms with Crippen molar-refractivity contribution in [1.82, 2.24) is 19.4 Å². The predicted octanol–water partition coefficient (Wildman–Crippen LogP) is 5.40. The Bertz CT molecular complexity index is 1360. The van der Waals surface area contributed by atoms with Gasteiger partial charge in [-0.1, -0.05) is 0 Å². The van der Waals surface area contributed by atoms with Gasteiger partial charge in [-0.3, -0.25) is 4.79 Å². The molecule has 3 heterocycles. The molecule has 0 N–H and O–H groups in total. The maximum Gasteiger partial charge on any atom is 0.446 e. The number of alkyl halides is 6. The van der Waals surface area contributed by atoms with Gasteiger partial charge in [-0.15, -0.1) is 0 Å². The van der Waals surface area contributed by atoms with Crippen molar-refractivity contribution < 1.29 is 40.6 Å². The lowest BCUT2D eigenvalue weighted by molar-refractivity contribution is -0.156. The second-order valence-corrected chi connectivity index (χ2v) is 9.47. The molecule has 1 aromatic carbocycles. The van der Waals surface area contributed by atoms with Gasteiger partial charge in [0, 0.05) is 26.3 Å². The van der Waals surface area contributed by atoms with Gasteiger partial charge in [0.1, 0.15) is 17.3 Å². The molecule has 14 heteroatoms. The standard InChI is InChI=1S/C25H28F3N5O2.C2HF3O/c1-32-16-30-24-21(15-29)31-20(14-22(24)32)18-3-4-23(19(13-18)25(26,27)28)35-11-7-17-5-8-33(9-6-17)10-12-34-2;3-2(4,5)1-6/h3-4,13-14,16-17H,5-12H2,1-2H3;1H. The monoisotopic (exact) mass is 585 g/mol. The Balaban J connectivity index is 0.000000696. The summed E-state index contributed by atoms with van der Waals surface area (Å²) in [6.07, 6.45) is -6.04. The van der Waals surface area contributed by atoms with Crippen LogP contribution >= 0.6 is 0 Å². The van der Waals surface area contributed by atoms with Crippen LogP contribution in [0.15, 0.2) is 30.6 Å². The zero-order valence-corrected chi connectivity index (χ0v) is 22.4. The number of benzene rings is 1. The van der Waals surface area contributed by atoms with Crippen LogP contribution in [-0.4, -0.2) is 71.9 Å². The number of piperidine rings is 1. The molecular formula is C27H29F6N5O3. The molecule has 0 aliphatic carbocycles. The Morgan fingerprint density at radius 2 is 1.80 bits per heavy atom. The van der Waals surface area contributed by atoms with Gasteiger partial charge in [0.25, 0.3) is 0 Å². The van der Waals surface area contributed by atoms with Crippen molar-refractivity contribution in [2.75, 3.05) is 40.0 Å². The van der Waals surface area contributed by atoms with Crippen molar-refractivity contribution in [2.45, 2.75) is 31.6 Å². The smallest absolute Gasteiger partial charge is 0.446 e. The third-order valence-corrected chi connectivity index (χ3v) is 6.64. The topological polar surface area (TPSA) is 93.3 Å². The van der Waals surface area contributed by atoms with Crippen LogP contribution in [0.25, 0.3) is 22.3 Å². The maximum atomic E-state index is 13.9. The average Bonchev–Trinajstić information content (AvgIpc) is 3.32. The molecule has 0 spiro atoms.